The van der Waals surface area contributed by atoms with Crippen LogP contribution in [0.25, 0.3) is 109 Å². The fourth-order valence-corrected chi connectivity index (χ4v) is 8.50. The molecule has 14 rings (SSSR count). The lowest BCUT2D eigenvalue weighted by molar-refractivity contribution is 1.54. The molecule has 2 N–H and O–H groups in total. The van der Waals surface area contributed by atoms with Crippen molar-refractivity contribution in [1.82, 2.24) is 0 Å². The van der Waals surface area contributed by atoms with Crippen LogP contribution in [0.3, 0.4) is 0 Å². The van der Waals surface area contributed by atoms with E-state index in [-0.39, 0.29) is 123 Å². The largest absolute Gasteiger partial charge is 0.356 e. The minimum absolute atomic E-state index is 0.0197. The zero-order valence-corrected chi connectivity index (χ0v) is 38.2. The molecule has 14 aromatic carbocycles. The number of hydrogen-bond donors (Lipinski definition) is 2. The molecular weight excluding hydrogens is 893 g/mol. The molecule has 0 fully saturated rings. The highest BCUT2D eigenvalue weighted by atomic mass is 14.9. The molecule has 0 aromatic heterocycles. The molecule has 74 heavy (non-hydrogen) atoms. The van der Waals surface area contributed by atoms with Crippen LogP contribution < -0.4 is 10.6 Å². The second kappa shape index (κ2) is 19.4. The van der Waals surface area contributed by atoms with Crippen LogP contribution in [-0.2, 0) is 0 Å². The second-order valence-corrected chi connectivity index (χ2v) is 16.6. The summed E-state index contributed by atoms with van der Waals surface area (Å²) in [4.78, 5) is 0. The van der Waals surface area contributed by atoms with E-state index in [1.54, 1.807) is 97.1 Å². The average Bonchev–Trinajstić information content (AvgIpc) is 0.717. The fraction of sp³-hybridized carbons (Fsp3) is 0. The third-order valence-corrected chi connectivity index (χ3v) is 12.0. The second-order valence-electron chi connectivity index (χ2n) is 16.6. The number of anilines is 4. The van der Waals surface area contributed by atoms with Crippen LogP contribution in [-0.4, -0.2) is 0 Å². The number of hydrogen-bond acceptors (Lipinski definition) is 2. The normalized spacial score (nSPS) is 17.3. The summed E-state index contributed by atoms with van der Waals surface area (Å²) in [7, 11) is 0. The zero-order chi connectivity index (χ0) is 77.1. The molecule has 0 bridgehead atoms. The summed E-state index contributed by atoms with van der Waals surface area (Å²) in [6.07, 6.45) is 0. The van der Waals surface area contributed by atoms with Crippen molar-refractivity contribution in [3.05, 3.63) is 290 Å². The summed E-state index contributed by atoms with van der Waals surface area (Å²) < 4.78 is 271. The summed E-state index contributed by atoms with van der Waals surface area (Å²) in [5.74, 6) is 0. The van der Waals surface area contributed by atoms with E-state index < -0.39 is 157 Å². The molecule has 0 aliphatic heterocycles. The van der Waals surface area contributed by atoms with Crippen LogP contribution in [0.2, 0.25) is 0 Å². The first-order valence-electron chi connectivity index (χ1n) is 38.8. The lowest BCUT2D eigenvalue weighted by Gasteiger charge is -2.13. The molecule has 0 aliphatic rings. The maximum atomic E-state index is 9.17. The van der Waals surface area contributed by atoms with Gasteiger partial charge < -0.3 is 10.6 Å². The Morgan fingerprint density at radius 1 is 0.230 bits per heavy atom. The van der Waals surface area contributed by atoms with E-state index in [2.05, 4.69) is 10.6 Å². The maximum absolute atomic E-state index is 9.17. The first-order valence-corrected chi connectivity index (χ1v) is 22.8. The third kappa shape index (κ3) is 8.87. The Labute approximate surface area is 476 Å². The van der Waals surface area contributed by atoms with Crippen LogP contribution in [0, 0.1) is 0 Å². The molecular formula is C72H50N2. The Morgan fingerprint density at radius 3 is 1.01 bits per heavy atom. The summed E-state index contributed by atoms with van der Waals surface area (Å²) >= 11 is 0. The van der Waals surface area contributed by atoms with Gasteiger partial charge in [-0.25, -0.2) is 0 Å². The number of rotatable bonds is 8. The molecule has 0 radical (unpaired) electrons. The number of fused-ring (bicyclic) bond motifs is 8. The van der Waals surface area contributed by atoms with Gasteiger partial charge in [-0.05, 0) is 182 Å². The summed E-state index contributed by atoms with van der Waals surface area (Å²) in [5.41, 5.74) is 3.59. The minimum Gasteiger partial charge on any atom is -0.356 e. The number of benzene rings is 14. The van der Waals surface area contributed by atoms with Crippen molar-refractivity contribution in [2.45, 2.75) is 0 Å². The minimum atomic E-state index is -0.596. The quantitative estimate of drug-likeness (QED) is 0.148. The molecule has 14 aromatic rings. The Hall–Kier alpha value is -9.76. The van der Waals surface area contributed by atoms with Gasteiger partial charge >= 0.3 is 0 Å². The van der Waals surface area contributed by atoms with E-state index in [9.17, 15) is 0 Å². The predicted molar refractivity (Wildman–Crippen MR) is 319 cm³/mol. The smallest absolute Gasteiger partial charge is 0.0636 e. The third-order valence-electron chi connectivity index (χ3n) is 12.0. The Balaban J connectivity index is 0.000000193. The monoisotopic (exact) mass is 975 g/mol. The molecule has 2 nitrogen and oxygen atoms in total. The molecule has 2 heteroatoms. The molecule has 0 saturated carbocycles. The molecule has 0 atom stereocenters. The Morgan fingerprint density at radius 2 is 0.581 bits per heavy atom. The summed E-state index contributed by atoms with van der Waals surface area (Å²) in [6.45, 7) is 0. The van der Waals surface area contributed by atoms with Crippen LogP contribution in [0.5, 0.6) is 0 Å². The van der Waals surface area contributed by atoms with Crippen LogP contribution in [0.1, 0.15) is 43.9 Å². The predicted octanol–water partition coefficient (Wildman–Crippen LogP) is 20.4. The van der Waals surface area contributed by atoms with E-state index in [1.165, 1.54) is 0 Å². The molecule has 0 unspecified atom stereocenters. The van der Waals surface area contributed by atoms with Gasteiger partial charge in [-0.15, -0.1) is 0 Å². The van der Waals surface area contributed by atoms with Gasteiger partial charge in [0.25, 0.3) is 0 Å². The molecule has 0 amide bonds. The van der Waals surface area contributed by atoms with Crippen LogP contribution >= 0.6 is 0 Å². The Bertz CT molecular complexity index is 5900. The van der Waals surface area contributed by atoms with E-state index in [0.717, 1.165) is 0 Å². The van der Waals surface area contributed by atoms with Crippen molar-refractivity contribution < 1.29 is 43.9 Å². The van der Waals surface area contributed by atoms with Gasteiger partial charge in [0.05, 0.1) is 43.9 Å². The summed E-state index contributed by atoms with van der Waals surface area (Å²) in [5, 5.41) is 4.64. The van der Waals surface area contributed by atoms with Gasteiger partial charge in [0.2, 0.25) is 0 Å². The topological polar surface area (TPSA) is 24.1 Å². The van der Waals surface area contributed by atoms with E-state index in [0.29, 0.717) is 45.0 Å². The van der Waals surface area contributed by atoms with Gasteiger partial charge in [-0.1, -0.05) is 218 Å². The first kappa shape index (κ1) is 21.9. The standard InChI is InChI=1S/C40H27N.C32H23N/c1-3-11-33-29(9-1)25-39(37-15-7-5-13-35(33)37)27-17-21-31(22-18-27)41-32-23-19-28(20-24-32)40-26-30-10-2-4-12-34(30)36-14-6-8-16-38(36)40;1-3-9-25-19-29(17-15-23(25)7-1)27-11-5-13-31(21-27)33-32-14-6-12-28(22-32)30-18-16-24-8-2-4-10-26(24)20-30/h1-26,41H;1-22,33H/i1D,2D,3D,4D,5D,6D,7D,8D,9D,10D,11D,12D,13D,14D,15D,16D,25D,26D;1D,2D,3D,4D,7D,8D,9D,10D,15D,16D,17D,18D,19D,20D. The molecule has 0 saturated heterocycles. The maximum Gasteiger partial charge on any atom is 0.0636 e. The van der Waals surface area contributed by atoms with Crippen molar-refractivity contribution in [3.8, 4) is 44.5 Å². The van der Waals surface area contributed by atoms with Gasteiger partial charge in [0.1, 0.15) is 0 Å². The lowest BCUT2D eigenvalue weighted by atomic mass is 9.93. The Kier molecular flexibility index (Phi) is 5.76. The van der Waals surface area contributed by atoms with Crippen molar-refractivity contribution in [3.63, 3.8) is 0 Å². The van der Waals surface area contributed by atoms with Crippen molar-refractivity contribution in [2.75, 3.05) is 10.6 Å². The van der Waals surface area contributed by atoms with E-state index >= 15 is 0 Å². The lowest BCUT2D eigenvalue weighted by Crippen LogP contribution is -1.91. The van der Waals surface area contributed by atoms with E-state index in [1.807, 2.05) is 0 Å². The van der Waals surface area contributed by atoms with Crippen LogP contribution in [0.4, 0.5) is 22.7 Å². The average molecular weight is 975 g/mol. The van der Waals surface area contributed by atoms with Crippen molar-refractivity contribution >= 4 is 87.4 Å². The van der Waals surface area contributed by atoms with E-state index in [4.69, 9.17) is 43.9 Å². The highest BCUT2D eigenvalue weighted by molar-refractivity contribution is 6.15. The van der Waals surface area contributed by atoms with Gasteiger partial charge in [-0.3, -0.25) is 0 Å². The van der Waals surface area contributed by atoms with Gasteiger partial charge in [0, 0.05) is 22.7 Å². The fourth-order valence-electron chi connectivity index (χ4n) is 8.50. The molecule has 0 aliphatic carbocycles. The summed E-state index contributed by atoms with van der Waals surface area (Å²) in [6, 6.07) is 10.6. The van der Waals surface area contributed by atoms with Crippen LogP contribution in [0.15, 0.2) is 290 Å². The van der Waals surface area contributed by atoms with Crippen molar-refractivity contribution in [1.29, 1.82) is 0 Å². The highest BCUT2D eigenvalue weighted by Gasteiger charge is 2.11. The SMILES string of the molecule is [2H]c1c([2H])c([2H])c2c([2H])c(-c3cccc(Nc4cccc(-c5c([2H])c([2H])c6c([2H])c([2H])c([2H])c([2H])c6c5[2H])c4)c3)c([2H])c([2H])c2c1[2H].[2H]c1c([2H])c([2H])c2c(c1[2H])c([2H])c(-c1ccc(Nc3ccc(-c4c([2H])c5c([2H])c([2H])c([2H])c([2H])c5c5c([2H])c([2H])c([2H])c([2H])c45)cc3)cc1)c1c([2H])c([2H])c([2H])c([2H])c12. The highest BCUT2D eigenvalue weighted by Crippen LogP contribution is 2.38. The first-order chi connectivity index (χ1) is 50.0. The zero-order valence-electron chi connectivity index (χ0n) is 70.2. The molecule has 0 spiro atoms. The van der Waals surface area contributed by atoms with Gasteiger partial charge in [0.15, 0.2) is 0 Å². The van der Waals surface area contributed by atoms with Crippen molar-refractivity contribution in [2.24, 2.45) is 0 Å². The molecule has 0 heterocycles. The van der Waals surface area contributed by atoms with Gasteiger partial charge in [-0.2, -0.15) is 0 Å². The number of nitrogens with one attached hydrogen (secondary N) is 2. The molecule has 348 valence electrons.